The highest BCUT2D eigenvalue weighted by molar-refractivity contribution is 5.68. The molecule has 1 aromatic carbocycles. The van der Waals surface area contributed by atoms with E-state index in [4.69, 9.17) is 10.00 Å². The first-order valence-electron chi connectivity index (χ1n) is 6.20. The molecule has 1 unspecified atom stereocenters. The zero-order valence-corrected chi connectivity index (χ0v) is 12.1. The van der Waals surface area contributed by atoms with Gasteiger partial charge in [0, 0.05) is 7.05 Å². The number of amides is 1. The number of nitriles is 1. The van der Waals surface area contributed by atoms with Gasteiger partial charge in [-0.2, -0.15) is 5.26 Å². The summed E-state index contributed by atoms with van der Waals surface area (Å²) in [4.78, 5) is 13.5. The standard InChI is InChI=1S/C15H20N2O2/c1-11(13-8-6-7-12(9-13)10-16)17(5)14(18)19-15(2,3)4/h6-9,11H,1-5H3. The van der Waals surface area contributed by atoms with Crippen LogP contribution in [0.1, 0.15) is 44.9 Å². The Morgan fingerprint density at radius 1 is 1.42 bits per heavy atom. The summed E-state index contributed by atoms with van der Waals surface area (Å²) in [5, 5.41) is 8.89. The van der Waals surface area contributed by atoms with Crippen LogP contribution in [0, 0.1) is 11.3 Å². The second-order valence-corrected chi connectivity index (χ2v) is 5.50. The highest BCUT2D eigenvalue weighted by Gasteiger charge is 2.23. The Hall–Kier alpha value is -2.02. The number of carbonyl (C=O) groups excluding carboxylic acids is 1. The molecule has 4 nitrogen and oxygen atoms in total. The molecular formula is C15H20N2O2. The molecule has 0 heterocycles. The van der Waals surface area contributed by atoms with E-state index in [0.29, 0.717) is 5.56 Å². The fourth-order valence-corrected chi connectivity index (χ4v) is 1.58. The number of benzene rings is 1. The van der Waals surface area contributed by atoms with Crippen molar-refractivity contribution in [2.24, 2.45) is 0 Å². The number of carbonyl (C=O) groups is 1. The van der Waals surface area contributed by atoms with Crippen molar-refractivity contribution in [3.8, 4) is 6.07 Å². The molecule has 0 fully saturated rings. The Kier molecular flexibility index (Phi) is 4.55. The van der Waals surface area contributed by atoms with Crippen LogP contribution in [0.3, 0.4) is 0 Å². The van der Waals surface area contributed by atoms with E-state index in [1.165, 1.54) is 4.90 Å². The molecule has 1 aromatic rings. The van der Waals surface area contributed by atoms with Gasteiger partial charge >= 0.3 is 6.09 Å². The van der Waals surface area contributed by atoms with Gasteiger partial charge < -0.3 is 9.64 Å². The van der Waals surface area contributed by atoms with E-state index in [0.717, 1.165) is 5.56 Å². The van der Waals surface area contributed by atoms with Gasteiger partial charge in [0.1, 0.15) is 5.60 Å². The lowest BCUT2D eigenvalue weighted by atomic mass is 10.1. The first-order chi connectivity index (χ1) is 8.74. The van der Waals surface area contributed by atoms with Crippen LogP contribution in [-0.4, -0.2) is 23.6 Å². The van der Waals surface area contributed by atoms with Gasteiger partial charge in [-0.25, -0.2) is 4.79 Å². The first kappa shape index (κ1) is 15.0. The Bertz CT molecular complexity index is 498. The average molecular weight is 260 g/mol. The average Bonchev–Trinajstić information content (AvgIpc) is 2.35. The van der Waals surface area contributed by atoms with Crippen molar-refractivity contribution >= 4 is 6.09 Å². The predicted octanol–water partition coefficient (Wildman–Crippen LogP) is 3.49. The molecule has 0 N–H and O–H groups in total. The van der Waals surface area contributed by atoms with E-state index >= 15 is 0 Å². The molecule has 0 saturated carbocycles. The zero-order valence-electron chi connectivity index (χ0n) is 12.1. The number of hydrogen-bond donors (Lipinski definition) is 0. The normalized spacial score (nSPS) is 12.4. The summed E-state index contributed by atoms with van der Waals surface area (Å²) >= 11 is 0. The number of nitrogens with zero attached hydrogens (tertiary/aromatic N) is 2. The number of ether oxygens (including phenoxy) is 1. The molecule has 0 bridgehead atoms. The Morgan fingerprint density at radius 3 is 2.58 bits per heavy atom. The molecule has 1 atom stereocenters. The van der Waals surface area contributed by atoms with Crippen molar-refractivity contribution in [2.45, 2.75) is 39.3 Å². The van der Waals surface area contributed by atoms with Crippen LogP contribution in [0.25, 0.3) is 0 Å². The lowest BCUT2D eigenvalue weighted by molar-refractivity contribution is 0.0234. The smallest absolute Gasteiger partial charge is 0.410 e. The molecular weight excluding hydrogens is 240 g/mol. The Balaban J connectivity index is 2.84. The van der Waals surface area contributed by atoms with Gasteiger partial charge in [0.25, 0.3) is 0 Å². The van der Waals surface area contributed by atoms with Gasteiger partial charge in [0.15, 0.2) is 0 Å². The maximum Gasteiger partial charge on any atom is 0.410 e. The largest absolute Gasteiger partial charge is 0.444 e. The van der Waals surface area contributed by atoms with Crippen LogP contribution in [0.2, 0.25) is 0 Å². The molecule has 0 saturated heterocycles. The maximum atomic E-state index is 12.0. The zero-order chi connectivity index (χ0) is 14.6. The van der Waals surface area contributed by atoms with Crippen molar-refractivity contribution in [2.75, 3.05) is 7.05 Å². The minimum Gasteiger partial charge on any atom is -0.444 e. The van der Waals surface area contributed by atoms with Crippen molar-refractivity contribution in [1.29, 1.82) is 5.26 Å². The van der Waals surface area contributed by atoms with Gasteiger partial charge in [-0.05, 0) is 45.4 Å². The van der Waals surface area contributed by atoms with Crippen molar-refractivity contribution in [1.82, 2.24) is 4.90 Å². The van der Waals surface area contributed by atoms with Crippen LogP contribution in [0.4, 0.5) is 4.79 Å². The van der Waals surface area contributed by atoms with E-state index < -0.39 is 5.60 Å². The van der Waals surface area contributed by atoms with E-state index in [2.05, 4.69) is 6.07 Å². The summed E-state index contributed by atoms with van der Waals surface area (Å²) in [7, 11) is 1.69. The van der Waals surface area contributed by atoms with Crippen molar-refractivity contribution < 1.29 is 9.53 Å². The quantitative estimate of drug-likeness (QED) is 0.818. The van der Waals surface area contributed by atoms with Crippen LogP contribution in [0.5, 0.6) is 0 Å². The highest BCUT2D eigenvalue weighted by atomic mass is 16.6. The molecule has 19 heavy (non-hydrogen) atoms. The SMILES string of the molecule is CC(c1cccc(C#N)c1)N(C)C(=O)OC(C)(C)C. The van der Waals surface area contributed by atoms with E-state index in [9.17, 15) is 4.79 Å². The minimum absolute atomic E-state index is 0.150. The van der Waals surface area contributed by atoms with Crippen molar-refractivity contribution in [3.05, 3.63) is 35.4 Å². The van der Waals surface area contributed by atoms with Gasteiger partial charge in [-0.1, -0.05) is 12.1 Å². The summed E-state index contributed by atoms with van der Waals surface area (Å²) in [6.45, 7) is 7.40. The first-order valence-corrected chi connectivity index (χ1v) is 6.20. The monoisotopic (exact) mass is 260 g/mol. The highest BCUT2D eigenvalue weighted by Crippen LogP contribution is 2.21. The molecule has 102 valence electrons. The number of hydrogen-bond acceptors (Lipinski definition) is 3. The molecule has 1 rings (SSSR count). The van der Waals surface area contributed by atoms with Crippen LogP contribution in [0.15, 0.2) is 24.3 Å². The predicted molar refractivity (Wildman–Crippen MR) is 73.6 cm³/mol. The summed E-state index contributed by atoms with van der Waals surface area (Å²) in [5.74, 6) is 0. The van der Waals surface area contributed by atoms with E-state index in [-0.39, 0.29) is 12.1 Å². The fraction of sp³-hybridized carbons (Fsp3) is 0.467. The summed E-state index contributed by atoms with van der Waals surface area (Å²) < 4.78 is 5.32. The van der Waals surface area contributed by atoms with Crippen LogP contribution >= 0.6 is 0 Å². The Morgan fingerprint density at radius 2 is 2.05 bits per heavy atom. The Labute approximate surface area is 114 Å². The summed E-state index contributed by atoms with van der Waals surface area (Å²) in [5.41, 5.74) is 0.980. The molecule has 1 amide bonds. The molecule has 0 spiro atoms. The lowest BCUT2D eigenvalue weighted by Gasteiger charge is -2.29. The second-order valence-electron chi connectivity index (χ2n) is 5.50. The molecule has 0 aliphatic heterocycles. The lowest BCUT2D eigenvalue weighted by Crippen LogP contribution is -2.35. The van der Waals surface area contributed by atoms with Gasteiger partial charge in [-0.15, -0.1) is 0 Å². The maximum absolute atomic E-state index is 12.0. The van der Waals surface area contributed by atoms with Gasteiger partial charge in [-0.3, -0.25) is 0 Å². The molecule has 0 aliphatic carbocycles. The third kappa shape index (κ3) is 4.29. The number of rotatable bonds is 2. The third-order valence-electron chi connectivity index (χ3n) is 2.76. The van der Waals surface area contributed by atoms with Crippen LogP contribution < -0.4 is 0 Å². The molecule has 0 radical (unpaired) electrons. The molecule has 4 heteroatoms. The fourth-order valence-electron chi connectivity index (χ4n) is 1.58. The van der Waals surface area contributed by atoms with Gasteiger partial charge in [0.05, 0.1) is 17.7 Å². The minimum atomic E-state index is -0.514. The summed E-state index contributed by atoms with van der Waals surface area (Å²) in [6, 6.07) is 9.18. The van der Waals surface area contributed by atoms with Gasteiger partial charge in [0.2, 0.25) is 0 Å². The summed E-state index contributed by atoms with van der Waals surface area (Å²) in [6.07, 6.45) is -0.373. The van der Waals surface area contributed by atoms with E-state index in [1.807, 2.05) is 39.8 Å². The van der Waals surface area contributed by atoms with Crippen molar-refractivity contribution in [3.63, 3.8) is 0 Å². The molecule has 0 aliphatic rings. The topological polar surface area (TPSA) is 53.3 Å². The third-order valence-corrected chi connectivity index (χ3v) is 2.76. The second kappa shape index (κ2) is 5.75. The molecule has 0 aromatic heterocycles. The van der Waals surface area contributed by atoms with Crippen LogP contribution in [-0.2, 0) is 4.74 Å². The van der Waals surface area contributed by atoms with E-state index in [1.54, 1.807) is 19.2 Å².